The third-order valence-electron chi connectivity index (χ3n) is 4.66. The number of amides is 1. The molecule has 22 heavy (non-hydrogen) atoms. The van der Waals surface area contributed by atoms with Crippen LogP contribution in [0.3, 0.4) is 0 Å². The zero-order valence-corrected chi connectivity index (χ0v) is 12.6. The molecule has 0 unspecified atom stereocenters. The second-order valence-corrected chi connectivity index (χ2v) is 6.23. The van der Waals surface area contributed by atoms with Crippen LogP contribution in [-0.4, -0.2) is 52.3 Å². The third-order valence-corrected chi connectivity index (χ3v) is 4.66. The van der Waals surface area contributed by atoms with Crippen molar-refractivity contribution in [2.75, 3.05) is 18.0 Å². The van der Waals surface area contributed by atoms with Gasteiger partial charge in [-0.2, -0.15) is 0 Å². The van der Waals surface area contributed by atoms with Crippen molar-refractivity contribution in [3.63, 3.8) is 0 Å². The molecule has 1 aromatic rings. The van der Waals surface area contributed by atoms with Crippen LogP contribution in [0.15, 0.2) is 18.6 Å². The van der Waals surface area contributed by atoms with Crippen LogP contribution >= 0.6 is 0 Å². The van der Waals surface area contributed by atoms with Crippen molar-refractivity contribution in [2.45, 2.75) is 43.9 Å². The number of carbonyl (C=O) groups is 1. The lowest BCUT2D eigenvalue weighted by molar-refractivity contribution is -0.125. The summed E-state index contributed by atoms with van der Waals surface area (Å²) >= 11 is 0. The normalized spacial score (nSPS) is 29.5. The van der Waals surface area contributed by atoms with Gasteiger partial charge in [0.05, 0.1) is 12.3 Å². The van der Waals surface area contributed by atoms with E-state index < -0.39 is 6.10 Å². The second-order valence-electron chi connectivity index (χ2n) is 6.23. The molecular weight excluding hydrogens is 282 g/mol. The molecular formula is C15H23N5O2. The summed E-state index contributed by atoms with van der Waals surface area (Å²) in [6, 6.07) is -0.0800. The van der Waals surface area contributed by atoms with Gasteiger partial charge in [0.25, 0.3) is 0 Å². The van der Waals surface area contributed by atoms with E-state index in [-0.39, 0.29) is 23.9 Å². The van der Waals surface area contributed by atoms with Crippen molar-refractivity contribution < 1.29 is 9.90 Å². The molecule has 3 atom stereocenters. The van der Waals surface area contributed by atoms with Gasteiger partial charge in [-0.1, -0.05) is 0 Å². The van der Waals surface area contributed by atoms with Crippen molar-refractivity contribution in [1.82, 2.24) is 15.3 Å². The molecule has 1 aromatic heterocycles. The first kappa shape index (κ1) is 15.2. The molecule has 1 aliphatic heterocycles. The summed E-state index contributed by atoms with van der Waals surface area (Å²) in [6.07, 6.45) is 7.41. The number of carbonyl (C=O) groups excluding carboxylic acids is 1. The van der Waals surface area contributed by atoms with Crippen LogP contribution in [0.1, 0.15) is 25.7 Å². The Balaban J connectivity index is 1.47. The molecule has 1 aliphatic carbocycles. The quantitative estimate of drug-likeness (QED) is 0.706. The highest BCUT2D eigenvalue weighted by Crippen LogP contribution is 2.25. The average Bonchev–Trinajstić information content (AvgIpc) is 2.88. The Bertz CT molecular complexity index is 494. The fraction of sp³-hybridized carbons (Fsp3) is 0.667. The highest BCUT2D eigenvalue weighted by atomic mass is 16.3. The largest absolute Gasteiger partial charge is 0.391 e. The van der Waals surface area contributed by atoms with E-state index in [1.54, 1.807) is 18.6 Å². The Morgan fingerprint density at radius 1 is 1.32 bits per heavy atom. The molecule has 1 saturated carbocycles. The molecule has 2 heterocycles. The lowest BCUT2D eigenvalue weighted by Gasteiger charge is -2.33. The molecule has 0 aromatic carbocycles. The summed E-state index contributed by atoms with van der Waals surface area (Å²) in [6.45, 7) is 1.72. The van der Waals surface area contributed by atoms with Gasteiger partial charge in [0.15, 0.2) is 0 Å². The Kier molecular flexibility index (Phi) is 4.54. The minimum atomic E-state index is -0.547. The van der Waals surface area contributed by atoms with Crippen molar-refractivity contribution in [3.05, 3.63) is 18.6 Å². The minimum Gasteiger partial charge on any atom is -0.391 e. The summed E-state index contributed by atoms with van der Waals surface area (Å²) in [7, 11) is 0. The van der Waals surface area contributed by atoms with E-state index >= 15 is 0 Å². The van der Waals surface area contributed by atoms with Gasteiger partial charge in [-0.25, -0.2) is 4.98 Å². The van der Waals surface area contributed by atoms with E-state index in [0.717, 1.165) is 31.7 Å². The van der Waals surface area contributed by atoms with Gasteiger partial charge >= 0.3 is 0 Å². The topological polar surface area (TPSA) is 104 Å². The fourth-order valence-corrected chi connectivity index (χ4v) is 3.29. The van der Waals surface area contributed by atoms with E-state index in [2.05, 4.69) is 20.2 Å². The molecule has 2 aliphatic rings. The Hall–Kier alpha value is -1.73. The lowest BCUT2D eigenvalue weighted by Crippen LogP contribution is -2.46. The maximum atomic E-state index is 12.2. The molecule has 7 nitrogen and oxygen atoms in total. The molecule has 0 bridgehead atoms. The van der Waals surface area contributed by atoms with Crippen LogP contribution in [0.2, 0.25) is 0 Å². The van der Waals surface area contributed by atoms with Crippen LogP contribution in [0.25, 0.3) is 0 Å². The maximum absolute atomic E-state index is 12.2. The number of hydrogen-bond acceptors (Lipinski definition) is 6. The summed E-state index contributed by atoms with van der Waals surface area (Å²) < 4.78 is 0. The monoisotopic (exact) mass is 305 g/mol. The molecule has 3 rings (SSSR count). The average molecular weight is 305 g/mol. The standard InChI is InChI=1S/C15H23N5O2/c16-12-7-10(8-13(12)21)15(22)19-11-1-5-20(6-2-11)14-9-17-3-4-18-14/h3-4,9-13,21H,1-2,5-8,16H2,(H,19,22)/t10-,12+,13+/m0/s1. The highest BCUT2D eigenvalue weighted by molar-refractivity contribution is 5.79. The van der Waals surface area contributed by atoms with Crippen molar-refractivity contribution in [2.24, 2.45) is 11.7 Å². The van der Waals surface area contributed by atoms with E-state index in [4.69, 9.17) is 5.73 Å². The fourth-order valence-electron chi connectivity index (χ4n) is 3.29. The van der Waals surface area contributed by atoms with Crippen LogP contribution in [0, 0.1) is 5.92 Å². The first-order valence-corrected chi connectivity index (χ1v) is 7.88. The summed E-state index contributed by atoms with van der Waals surface area (Å²) in [5.74, 6) is 0.769. The van der Waals surface area contributed by atoms with Gasteiger partial charge in [0, 0.05) is 43.5 Å². The Labute approximate surface area is 129 Å². The lowest BCUT2D eigenvalue weighted by atomic mass is 10.0. The summed E-state index contributed by atoms with van der Waals surface area (Å²) in [5, 5.41) is 12.8. The predicted octanol–water partition coefficient (Wildman–Crippen LogP) is -0.340. The van der Waals surface area contributed by atoms with Crippen LogP contribution in [-0.2, 0) is 4.79 Å². The van der Waals surface area contributed by atoms with E-state index in [0.29, 0.717) is 12.8 Å². The van der Waals surface area contributed by atoms with Crippen molar-refractivity contribution in [3.8, 4) is 0 Å². The van der Waals surface area contributed by atoms with Gasteiger partial charge in [0.2, 0.25) is 5.91 Å². The van der Waals surface area contributed by atoms with Gasteiger partial charge < -0.3 is 21.1 Å². The van der Waals surface area contributed by atoms with Gasteiger partial charge in [-0.05, 0) is 25.7 Å². The number of anilines is 1. The number of hydrogen-bond donors (Lipinski definition) is 3. The van der Waals surface area contributed by atoms with E-state index in [1.807, 2.05) is 0 Å². The molecule has 2 fully saturated rings. The van der Waals surface area contributed by atoms with Gasteiger partial charge in [-0.3, -0.25) is 9.78 Å². The second kappa shape index (κ2) is 6.58. The Morgan fingerprint density at radius 2 is 2.09 bits per heavy atom. The number of aromatic nitrogens is 2. The smallest absolute Gasteiger partial charge is 0.223 e. The van der Waals surface area contributed by atoms with Gasteiger partial charge in [0.1, 0.15) is 5.82 Å². The SMILES string of the molecule is N[C@@H]1C[C@H](C(=O)NC2CCN(c3cnccn3)CC2)C[C@H]1O. The van der Waals surface area contributed by atoms with Crippen LogP contribution in [0.4, 0.5) is 5.82 Å². The highest BCUT2D eigenvalue weighted by Gasteiger charge is 2.35. The van der Waals surface area contributed by atoms with Crippen molar-refractivity contribution >= 4 is 11.7 Å². The molecule has 1 saturated heterocycles. The van der Waals surface area contributed by atoms with Gasteiger partial charge in [-0.15, -0.1) is 0 Å². The number of aliphatic hydroxyl groups excluding tert-OH is 1. The first-order valence-electron chi connectivity index (χ1n) is 7.88. The molecule has 1 amide bonds. The zero-order valence-electron chi connectivity index (χ0n) is 12.6. The Morgan fingerprint density at radius 3 is 2.68 bits per heavy atom. The summed E-state index contributed by atoms with van der Waals surface area (Å²) in [4.78, 5) is 22.8. The maximum Gasteiger partial charge on any atom is 0.223 e. The molecule has 0 spiro atoms. The van der Waals surface area contributed by atoms with E-state index in [1.165, 1.54) is 0 Å². The molecule has 7 heteroatoms. The first-order chi connectivity index (χ1) is 10.6. The number of rotatable bonds is 3. The number of nitrogens with one attached hydrogen (secondary N) is 1. The van der Waals surface area contributed by atoms with E-state index in [9.17, 15) is 9.90 Å². The van der Waals surface area contributed by atoms with Crippen molar-refractivity contribution in [1.29, 1.82) is 0 Å². The predicted molar refractivity (Wildman–Crippen MR) is 82.1 cm³/mol. The molecule has 4 N–H and O–H groups in total. The zero-order chi connectivity index (χ0) is 15.5. The molecule has 0 radical (unpaired) electrons. The summed E-state index contributed by atoms with van der Waals surface area (Å²) in [5.41, 5.74) is 5.77. The van der Waals surface area contributed by atoms with Crippen LogP contribution < -0.4 is 16.0 Å². The number of piperidine rings is 1. The molecule has 120 valence electrons. The minimum absolute atomic E-state index is 0.0324. The number of nitrogens with zero attached hydrogens (tertiary/aromatic N) is 3. The number of nitrogens with two attached hydrogens (primary N) is 1. The van der Waals surface area contributed by atoms with Crippen LogP contribution in [0.5, 0.6) is 0 Å². The number of aliphatic hydroxyl groups is 1. The third kappa shape index (κ3) is 3.36.